The summed E-state index contributed by atoms with van der Waals surface area (Å²) >= 11 is 11.8. The fraction of sp³-hybridized carbons (Fsp3) is 0.188. The Morgan fingerprint density at radius 3 is 2.42 bits per heavy atom. The van der Waals surface area contributed by atoms with Gasteiger partial charge in [0.1, 0.15) is 0 Å². The molecule has 0 aliphatic carbocycles. The second-order valence-electron chi connectivity index (χ2n) is 5.06. The molecule has 0 fully saturated rings. The highest BCUT2D eigenvalue weighted by Gasteiger charge is 2.17. The number of hydrogen-bond donors (Lipinski definition) is 2. The molecule has 2 N–H and O–H groups in total. The molecule has 0 heterocycles. The van der Waals surface area contributed by atoms with Crippen LogP contribution in [-0.4, -0.2) is 20.9 Å². The Labute approximate surface area is 151 Å². The van der Waals surface area contributed by atoms with Gasteiger partial charge in [-0.2, -0.15) is 0 Å². The van der Waals surface area contributed by atoms with Crippen molar-refractivity contribution >= 4 is 44.8 Å². The normalized spacial score (nSPS) is 11.3. The molecule has 0 atom stereocenters. The Bertz CT molecular complexity index is 883. The van der Waals surface area contributed by atoms with Gasteiger partial charge in [-0.3, -0.25) is 4.79 Å². The third-order valence-electron chi connectivity index (χ3n) is 3.28. The predicted octanol–water partition coefficient (Wildman–Crippen LogP) is 3.85. The van der Waals surface area contributed by atoms with Crippen molar-refractivity contribution in [3.8, 4) is 0 Å². The van der Waals surface area contributed by atoms with Gasteiger partial charge in [-0.1, -0.05) is 36.2 Å². The number of nitrogens with one attached hydrogen (secondary N) is 2. The first-order valence-corrected chi connectivity index (χ1v) is 9.35. The van der Waals surface area contributed by atoms with Crippen LogP contribution in [0.25, 0.3) is 0 Å². The highest BCUT2D eigenvalue weighted by atomic mass is 35.5. The lowest BCUT2D eigenvalue weighted by Gasteiger charge is -2.11. The van der Waals surface area contributed by atoms with E-state index in [-0.39, 0.29) is 17.0 Å². The summed E-state index contributed by atoms with van der Waals surface area (Å²) in [4.78, 5) is 12.5. The number of benzene rings is 2. The number of carbonyl (C=O) groups excluding carboxylic acids is 1. The molecule has 0 aliphatic heterocycles. The number of anilines is 1. The van der Waals surface area contributed by atoms with E-state index in [1.807, 2.05) is 0 Å². The van der Waals surface area contributed by atoms with Gasteiger partial charge in [-0.05, 0) is 42.8 Å². The van der Waals surface area contributed by atoms with Gasteiger partial charge < -0.3 is 5.32 Å². The number of carbonyl (C=O) groups is 1. The van der Waals surface area contributed by atoms with Gasteiger partial charge in [0.2, 0.25) is 10.0 Å². The fourth-order valence-corrected chi connectivity index (χ4v) is 3.42. The van der Waals surface area contributed by atoms with Crippen molar-refractivity contribution in [3.05, 3.63) is 57.6 Å². The monoisotopic (exact) mass is 386 g/mol. The van der Waals surface area contributed by atoms with Crippen LogP contribution >= 0.6 is 23.2 Å². The molecule has 5 nitrogen and oxygen atoms in total. The van der Waals surface area contributed by atoms with Crippen molar-refractivity contribution in [1.29, 1.82) is 0 Å². The third-order valence-corrected chi connectivity index (χ3v) is 5.56. The summed E-state index contributed by atoms with van der Waals surface area (Å²) in [6.45, 7) is 3.68. The Morgan fingerprint density at radius 1 is 1.08 bits per heavy atom. The van der Waals surface area contributed by atoms with Crippen molar-refractivity contribution in [2.45, 2.75) is 18.7 Å². The average molecular weight is 387 g/mol. The standard InChI is InChI=1S/C16H16Cl2N2O3S/c1-3-19-24(22,23)12-6-4-10(2)13(9-12)16(21)20-11-5-7-14(17)15(18)8-11/h4-9,19H,3H2,1-2H3,(H,20,21). The van der Waals surface area contributed by atoms with Gasteiger partial charge in [0.25, 0.3) is 5.91 Å². The van der Waals surface area contributed by atoms with Crippen molar-refractivity contribution in [3.63, 3.8) is 0 Å². The van der Waals surface area contributed by atoms with Gasteiger partial charge in [-0.15, -0.1) is 0 Å². The lowest BCUT2D eigenvalue weighted by Crippen LogP contribution is -2.24. The molecular formula is C16H16Cl2N2O3S. The molecule has 0 saturated carbocycles. The first-order valence-electron chi connectivity index (χ1n) is 7.11. The van der Waals surface area contributed by atoms with Crippen LogP contribution in [0.2, 0.25) is 10.0 Å². The van der Waals surface area contributed by atoms with E-state index in [0.717, 1.165) is 0 Å². The van der Waals surface area contributed by atoms with Crippen molar-refractivity contribution in [2.75, 3.05) is 11.9 Å². The summed E-state index contributed by atoms with van der Waals surface area (Å²) < 4.78 is 26.6. The molecule has 2 aromatic rings. The molecule has 0 radical (unpaired) electrons. The van der Waals surface area contributed by atoms with Crippen LogP contribution in [0.15, 0.2) is 41.3 Å². The Hall–Kier alpha value is -1.60. The predicted molar refractivity (Wildman–Crippen MR) is 96.5 cm³/mol. The molecule has 8 heteroatoms. The molecule has 0 saturated heterocycles. The quantitative estimate of drug-likeness (QED) is 0.818. The van der Waals surface area contributed by atoms with E-state index >= 15 is 0 Å². The molecule has 0 spiro atoms. The second kappa shape index (κ2) is 7.53. The van der Waals surface area contributed by atoms with Crippen molar-refractivity contribution in [1.82, 2.24) is 4.72 Å². The Balaban J connectivity index is 2.33. The van der Waals surface area contributed by atoms with Crippen LogP contribution in [-0.2, 0) is 10.0 Å². The molecule has 1 amide bonds. The van der Waals surface area contributed by atoms with Crippen LogP contribution in [0.4, 0.5) is 5.69 Å². The SMILES string of the molecule is CCNS(=O)(=O)c1ccc(C)c(C(=O)Nc2ccc(Cl)c(Cl)c2)c1. The lowest BCUT2D eigenvalue weighted by atomic mass is 10.1. The minimum atomic E-state index is -3.64. The van der Waals surface area contributed by atoms with Gasteiger partial charge in [0.15, 0.2) is 0 Å². The fourth-order valence-electron chi connectivity index (χ4n) is 2.06. The largest absolute Gasteiger partial charge is 0.322 e. The smallest absolute Gasteiger partial charge is 0.255 e. The maximum Gasteiger partial charge on any atom is 0.255 e. The zero-order valence-corrected chi connectivity index (χ0v) is 15.4. The number of halogens is 2. The molecule has 0 unspecified atom stereocenters. The minimum absolute atomic E-state index is 0.0363. The van der Waals surface area contributed by atoms with E-state index in [1.54, 1.807) is 32.0 Å². The lowest BCUT2D eigenvalue weighted by molar-refractivity contribution is 0.102. The highest BCUT2D eigenvalue weighted by molar-refractivity contribution is 7.89. The van der Waals surface area contributed by atoms with Crippen LogP contribution in [0.1, 0.15) is 22.8 Å². The second-order valence-corrected chi connectivity index (χ2v) is 7.64. The maximum atomic E-state index is 12.5. The first-order chi connectivity index (χ1) is 11.2. The van der Waals surface area contributed by atoms with Crippen LogP contribution in [0.5, 0.6) is 0 Å². The molecule has 2 aromatic carbocycles. The number of amides is 1. The van der Waals surface area contributed by atoms with Gasteiger partial charge >= 0.3 is 0 Å². The maximum absolute atomic E-state index is 12.5. The average Bonchev–Trinajstić information content (AvgIpc) is 2.51. The molecule has 0 bridgehead atoms. The summed E-state index contributed by atoms with van der Waals surface area (Å²) in [5.74, 6) is -0.431. The van der Waals surface area contributed by atoms with Gasteiger partial charge in [-0.25, -0.2) is 13.1 Å². The van der Waals surface area contributed by atoms with E-state index in [0.29, 0.717) is 21.3 Å². The molecule has 24 heavy (non-hydrogen) atoms. The minimum Gasteiger partial charge on any atom is -0.322 e. The number of hydrogen-bond acceptors (Lipinski definition) is 3. The van der Waals surface area contributed by atoms with E-state index in [4.69, 9.17) is 23.2 Å². The molecule has 128 valence electrons. The summed E-state index contributed by atoms with van der Waals surface area (Å²) in [6, 6.07) is 9.10. The van der Waals surface area contributed by atoms with Crippen LogP contribution < -0.4 is 10.0 Å². The zero-order valence-electron chi connectivity index (χ0n) is 13.1. The van der Waals surface area contributed by atoms with E-state index in [2.05, 4.69) is 10.0 Å². The van der Waals surface area contributed by atoms with Crippen molar-refractivity contribution in [2.24, 2.45) is 0 Å². The van der Waals surface area contributed by atoms with Crippen LogP contribution in [0, 0.1) is 6.92 Å². The topological polar surface area (TPSA) is 75.3 Å². The number of sulfonamides is 1. The zero-order chi connectivity index (χ0) is 17.9. The van der Waals surface area contributed by atoms with E-state index < -0.39 is 15.9 Å². The highest BCUT2D eigenvalue weighted by Crippen LogP contribution is 2.25. The van der Waals surface area contributed by atoms with Crippen LogP contribution in [0.3, 0.4) is 0 Å². The molecule has 0 aliphatic rings. The summed E-state index contributed by atoms with van der Waals surface area (Å²) in [5, 5.41) is 3.37. The van der Waals surface area contributed by atoms with E-state index in [9.17, 15) is 13.2 Å². The third kappa shape index (κ3) is 4.27. The Morgan fingerprint density at radius 2 is 1.79 bits per heavy atom. The summed E-state index contributed by atoms with van der Waals surface area (Å²) in [5.41, 5.74) is 1.39. The Kier molecular flexibility index (Phi) is 5.87. The number of aryl methyl sites for hydroxylation is 1. The molecule has 2 rings (SSSR count). The molecule has 0 aromatic heterocycles. The molecular weight excluding hydrogens is 371 g/mol. The van der Waals surface area contributed by atoms with E-state index in [1.165, 1.54) is 18.2 Å². The first kappa shape index (κ1) is 18.7. The number of rotatable bonds is 5. The van der Waals surface area contributed by atoms with Crippen molar-refractivity contribution < 1.29 is 13.2 Å². The van der Waals surface area contributed by atoms with Gasteiger partial charge in [0.05, 0.1) is 14.9 Å². The summed E-state index contributed by atoms with van der Waals surface area (Å²) in [7, 11) is -3.64. The summed E-state index contributed by atoms with van der Waals surface area (Å²) in [6.07, 6.45) is 0. The van der Waals surface area contributed by atoms with Gasteiger partial charge in [0, 0.05) is 17.8 Å².